The lowest BCUT2D eigenvalue weighted by Gasteiger charge is -2.35. The molecule has 5 amide bonds. The van der Waals surface area contributed by atoms with Crippen molar-refractivity contribution in [1.29, 1.82) is 0 Å². The van der Waals surface area contributed by atoms with Crippen LogP contribution >= 0.6 is 0 Å². The molecule has 4 rings (SSSR count). The van der Waals surface area contributed by atoms with Gasteiger partial charge >= 0.3 is 18.2 Å². The van der Waals surface area contributed by atoms with Crippen LogP contribution in [0.2, 0.25) is 0 Å². The van der Waals surface area contributed by atoms with Gasteiger partial charge in [-0.25, -0.2) is 14.0 Å². The van der Waals surface area contributed by atoms with Crippen LogP contribution in [0.3, 0.4) is 0 Å². The maximum Gasteiger partial charge on any atom is 0.416 e. The van der Waals surface area contributed by atoms with E-state index in [-0.39, 0.29) is 48.7 Å². The Morgan fingerprint density at radius 1 is 0.962 bits per heavy atom. The number of likely N-dealkylation sites (N-methyl/N-ethyl adjacent to an activating group) is 1. The Balaban J connectivity index is 1.55. The molecule has 0 unspecified atom stereocenters. The molecule has 3 aromatic carbocycles. The maximum absolute atomic E-state index is 14.3. The Morgan fingerprint density at radius 3 is 2.23 bits per heavy atom. The minimum atomic E-state index is -4.50. The topological polar surface area (TPSA) is 132 Å². The fourth-order valence-electron chi connectivity index (χ4n) is 5.60. The normalized spacial score (nSPS) is 19.4. The minimum absolute atomic E-state index is 0.0938. The minimum Gasteiger partial charge on any atom is -0.490 e. The van der Waals surface area contributed by atoms with Crippen molar-refractivity contribution in [2.45, 2.75) is 64.5 Å². The number of carbonyl (C=O) groups excluding carboxylic acids is 3. The van der Waals surface area contributed by atoms with Gasteiger partial charge in [0.1, 0.15) is 11.6 Å². The monoisotopic (exact) mass is 731 g/mol. The molecule has 0 saturated heterocycles. The molecule has 1 heterocycles. The van der Waals surface area contributed by atoms with Crippen molar-refractivity contribution in [3.8, 4) is 5.75 Å². The van der Waals surface area contributed by atoms with Gasteiger partial charge in [-0.15, -0.1) is 0 Å². The van der Waals surface area contributed by atoms with Gasteiger partial charge in [-0.3, -0.25) is 4.79 Å². The van der Waals surface area contributed by atoms with Crippen molar-refractivity contribution >= 4 is 35.0 Å². The summed E-state index contributed by atoms with van der Waals surface area (Å²) in [5, 5.41) is 18.1. The summed E-state index contributed by atoms with van der Waals surface area (Å²) in [7, 11) is 1.54. The molecule has 0 fully saturated rings. The number of rotatable bonds is 7. The van der Waals surface area contributed by atoms with Gasteiger partial charge in [0.15, 0.2) is 0 Å². The lowest BCUT2D eigenvalue weighted by molar-refractivity contribution is -0.137. The number of halogens is 4. The third-order valence-electron chi connectivity index (χ3n) is 8.68. The quantitative estimate of drug-likeness (QED) is 0.187. The molecule has 0 radical (unpaired) electrons. The summed E-state index contributed by atoms with van der Waals surface area (Å²) in [6, 6.07) is 12.2. The average Bonchev–Trinajstić information content (AvgIpc) is 3.10. The van der Waals surface area contributed by atoms with Gasteiger partial charge in [0.05, 0.1) is 36.0 Å². The molecule has 1 aliphatic heterocycles. The number of urea groups is 2. The van der Waals surface area contributed by atoms with E-state index in [0.717, 1.165) is 18.6 Å². The smallest absolute Gasteiger partial charge is 0.416 e. The SMILES string of the molecule is C[C@H](CO)N1C[C@H](C)[C@@H](CN(C)C(=O)Nc2ccc(C(F)(F)F)cc2)OCCCC[C@H](C)Oc2ccc(NC(=O)Nc3ccc(F)cc3)cc2C1=O. The molecule has 3 aromatic rings. The number of amides is 5. The van der Waals surface area contributed by atoms with Crippen molar-refractivity contribution in [3.63, 3.8) is 0 Å². The summed E-state index contributed by atoms with van der Waals surface area (Å²) in [4.78, 5) is 43.0. The summed E-state index contributed by atoms with van der Waals surface area (Å²) >= 11 is 0. The van der Waals surface area contributed by atoms with Crippen molar-refractivity contribution < 1.29 is 46.5 Å². The molecule has 0 spiro atoms. The Kier molecular flexibility index (Phi) is 13.8. The second-order valence-electron chi connectivity index (χ2n) is 13.0. The fraction of sp³-hybridized carbons (Fsp3) is 0.432. The summed E-state index contributed by atoms with van der Waals surface area (Å²) in [5.41, 5.74) is 0.162. The molecular formula is C37H45F4N5O6. The van der Waals surface area contributed by atoms with Crippen LogP contribution in [0.5, 0.6) is 5.75 Å². The molecule has 11 nitrogen and oxygen atoms in total. The molecule has 0 aromatic heterocycles. The van der Waals surface area contributed by atoms with Crippen molar-refractivity contribution in [1.82, 2.24) is 9.80 Å². The average molecular weight is 732 g/mol. The van der Waals surface area contributed by atoms with Crippen molar-refractivity contribution in [3.05, 3.63) is 83.7 Å². The lowest BCUT2D eigenvalue weighted by Crippen LogP contribution is -2.48. The van der Waals surface area contributed by atoms with Crippen LogP contribution in [-0.2, 0) is 10.9 Å². The number of nitrogens with one attached hydrogen (secondary N) is 3. The van der Waals surface area contributed by atoms with Crippen LogP contribution < -0.4 is 20.7 Å². The molecule has 0 saturated carbocycles. The van der Waals surface area contributed by atoms with E-state index in [1.165, 1.54) is 59.3 Å². The number of aliphatic hydroxyl groups excluding tert-OH is 1. The first-order valence-electron chi connectivity index (χ1n) is 17.0. The molecule has 15 heteroatoms. The number of ether oxygens (including phenoxy) is 2. The highest BCUT2D eigenvalue weighted by Gasteiger charge is 2.32. The Bertz CT molecular complexity index is 1660. The standard InChI is InChI=1S/C37H45F4N5O6/c1-23-20-46(24(2)22-47)34(48)31-19-30(43-35(49)42-28-14-10-27(38)11-15-28)16-17-32(31)52-25(3)7-5-6-18-51-33(23)21-45(4)36(50)44-29-12-8-26(9-13-29)37(39,40)41/h8-17,19,23-25,33,47H,5-7,18,20-22H2,1-4H3,(H,44,50)(H2,42,43,49)/t23-,24+,25-,33+/m0/s1. The summed E-state index contributed by atoms with van der Waals surface area (Å²) < 4.78 is 64.8. The van der Waals surface area contributed by atoms with E-state index in [1.54, 1.807) is 19.1 Å². The molecule has 282 valence electrons. The Hall–Kier alpha value is -4.89. The summed E-state index contributed by atoms with van der Waals surface area (Å²) in [5.74, 6) is -0.988. The Labute approximate surface area is 300 Å². The first-order valence-corrected chi connectivity index (χ1v) is 17.0. The predicted octanol–water partition coefficient (Wildman–Crippen LogP) is 7.45. The zero-order valence-corrected chi connectivity index (χ0v) is 29.5. The van der Waals surface area contributed by atoms with E-state index in [4.69, 9.17) is 9.47 Å². The zero-order chi connectivity index (χ0) is 38.0. The molecule has 4 N–H and O–H groups in total. The number of hydrogen-bond acceptors (Lipinski definition) is 6. The van der Waals surface area contributed by atoms with Crippen LogP contribution in [0.1, 0.15) is 56.0 Å². The number of fused-ring (bicyclic) bond motifs is 1. The largest absolute Gasteiger partial charge is 0.490 e. The predicted molar refractivity (Wildman–Crippen MR) is 189 cm³/mol. The van der Waals surface area contributed by atoms with Crippen LogP contribution in [0, 0.1) is 11.7 Å². The van der Waals surface area contributed by atoms with E-state index >= 15 is 0 Å². The van der Waals surface area contributed by atoms with Crippen LogP contribution in [0.4, 0.5) is 44.2 Å². The number of aliphatic hydroxyl groups is 1. The molecule has 0 aliphatic carbocycles. The summed E-state index contributed by atoms with van der Waals surface area (Å²) in [6.07, 6.45) is -3.28. The number of nitrogens with zero attached hydrogens (tertiary/aromatic N) is 2. The molecule has 52 heavy (non-hydrogen) atoms. The third kappa shape index (κ3) is 11.3. The van der Waals surface area contributed by atoms with Gasteiger partial charge in [0.25, 0.3) is 5.91 Å². The van der Waals surface area contributed by atoms with Crippen LogP contribution in [0.15, 0.2) is 66.7 Å². The number of benzene rings is 3. The van der Waals surface area contributed by atoms with E-state index < -0.39 is 47.7 Å². The van der Waals surface area contributed by atoms with Gasteiger partial charge < -0.3 is 40.3 Å². The first-order chi connectivity index (χ1) is 24.6. The number of carbonyl (C=O) groups is 3. The van der Waals surface area contributed by atoms with E-state index in [0.29, 0.717) is 30.9 Å². The maximum atomic E-state index is 14.3. The van der Waals surface area contributed by atoms with Gasteiger partial charge in [0, 0.05) is 49.7 Å². The number of anilines is 3. The highest BCUT2D eigenvalue weighted by Crippen LogP contribution is 2.31. The summed E-state index contributed by atoms with van der Waals surface area (Å²) in [6.45, 7) is 5.64. The second kappa shape index (κ2) is 18.0. The third-order valence-corrected chi connectivity index (χ3v) is 8.68. The second-order valence-corrected chi connectivity index (χ2v) is 13.0. The fourth-order valence-corrected chi connectivity index (χ4v) is 5.60. The van der Waals surface area contributed by atoms with Gasteiger partial charge in [-0.05, 0) is 99.8 Å². The van der Waals surface area contributed by atoms with Crippen LogP contribution in [0.25, 0.3) is 0 Å². The van der Waals surface area contributed by atoms with E-state index in [1.807, 2.05) is 13.8 Å². The van der Waals surface area contributed by atoms with Crippen molar-refractivity contribution in [2.75, 3.05) is 49.3 Å². The van der Waals surface area contributed by atoms with E-state index in [9.17, 15) is 37.1 Å². The van der Waals surface area contributed by atoms with Gasteiger partial charge in [-0.1, -0.05) is 6.92 Å². The highest BCUT2D eigenvalue weighted by molar-refractivity contribution is 6.02. The molecular weight excluding hydrogens is 686 g/mol. The van der Waals surface area contributed by atoms with Crippen molar-refractivity contribution in [2.24, 2.45) is 5.92 Å². The number of hydrogen-bond donors (Lipinski definition) is 4. The highest BCUT2D eigenvalue weighted by atomic mass is 19.4. The lowest BCUT2D eigenvalue weighted by atomic mass is 10.0. The molecule has 1 aliphatic rings. The van der Waals surface area contributed by atoms with E-state index in [2.05, 4.69) is 16.0 Å². The zero-order valence-electron chi connectivity index (χ0n) is 29.5. The van der Waals surface area contributed by atoms with Gasteiger partial charge in [-0.2, -0.15) is 13.2 Å². The molecule has 4 atom stereocenters. The van der Waals surface area contributed by atoms with Crippen LogP contribution in [-0.4, -0.2) is 84.5 Å². The number of alkyl halides is 3. The molecule has 0 bridgehead atoms. The van der Waals surface area contributed by atoms with Gasteiger partial charge in [0.2, 0.25) is 0 Å². The Morgan fingerprint density at radius 2 is 1.58 bits per heavy atom. The first kappa shape index (κ1) is 39.9.